The van der Waals surface area contributed by atoms with Crippen molar-refractivity contribution in [1.82, 2.24) is 79.8 Å². The lowest BCUT2D eigenvalue weighted by atomic mass is 10.3. The van der Waals surface area contributed by atoms with Gasteiger partial charge in [0.2, 0.25) is 0 Å². The lowest BCUT2D eigenvalue weighted by molar-refractivity contribution is 0.0485. The van der Waals surface area contributed by atoms with Crippen LogP contribution < -0.4 is 33.6 Å². The molecule has 7 aromatic heterocycles. The Morgan fingerprint density at radius 3 is 1.35 bits per heavy atom. The number of aromatic nitrogens is 16. The quantitative estimate of drug-likeness (QED) is 0.0219. The monoisotopic (exact) mass is 1210 g/mol. The van der Waals surface area contributed by atoms with Crippen LogP contribution in [0.15, 0.2) is 31.6 Å². The molecule has 0 unspecified atom stereocenters. The zero-order valence-corrected chi connectivity index (χ0v) is 48.0. The first-order valence-electron chi connectivity index (χ1n) is 27.3. The number of hydrogen-bond acceptors (Lipinski definition) is 25. The van der Waals surface area contributed by atoms with Gasteiger partial charge in [0.05, 0.1) is 13.2 Å². The minimum absolute atomic E-state index is 0. The summed E-state index contributed by atoms with van der Waals surface area (Å²) in [5.41, 5.74) is 25.1. The van der Waals surface area contributed by atoms with Gasteiger partial charge >= 0.3 is 17.9 Å². The number of carboxylic acid groups (broad SMARTS) is 1. The van der Waals surface area contributed by atoms with Gasteiger partial charge in [0.25, 0.3) is 0 Å². The van der Waals surface area contributed by atoms with E-state index in [9.17, 15) is 14.4 Å². The molecule has 31 heteroatoms. The highest BCUT2D eigenvalue weighted by molar-refractivity contribution is 6.37. The van der Waals surface area contributed by atoms with Crippen LogP contribution in [-0.4, -0.2) is 136 Å². The number of anilines is 5. The van der Waals surface area contributed by atoms with Gasteiger partial charge in [-0.15, -0.1) is 10.2 Å². The van der Waals surface area contributed by atoms with E-state index in [2.05, 4.69) is 81.1 Å². The number of esters is 2. The van der Waals surface area contributed by atoms with E-state index in [4.69, 9.17) is 72.3 Å². The molecule has 0 spiro atoms. The van der Waals surface area contributed by atoms with Crippen LogP contribution in [0.5, 0.6) is 0 Å². The van der Waals surface area contributed by atoms with E-state index < -0.39 is 17.9 Å². The van der Waals surface area contributed by atoms with Crippen molar-refractivity contribution in [2.45, 2.75) is 124 Å². The number of carbonyl (C=O) groups excluding carboxylic acids is 2. The Balaban J connectivity index is 0.000000165. The van der Waals surface area contributed by atoms with Gasteiger partial charge in [0.1, 0.15) is 48.7 Å². The van der Waals surface area contributed by atoms with Gasteiger partial charge in [-0.25, -0.2) is 73.6 Å². The maximum atomic E-state index is 12.0. The Morgan fingerprint density at radius 1 is 0.542 bits per heavy atom. The largest absolute Gasteiger partial charge is 0.476 e. The van der Waals surface area contributed by atoms with Crippen LogP contribution in [0.2, 0.25) is 15.5 Å². The molecule has 5 aliphatic rings. The summed E-state index contributed by atoms with van der Waals surface area (Å²) >= 11 is 16.6. The summed E-state index contributed by atoms with van der Waals surface area (Å²) in [7, 11) is 0. The van der Waals surface area contributed by atoms with Crippen LogP contribution in [0, 0.1) is 29.6 Å². The van der Waals surface area contributed by atoms with E-state index in [1.165, 1.54) is 95.8 Å². The molecule has 448 valence electrons. The first-order valence-corrected chi connectivity index (χ1v) is 28.4. The summed E-state index contributed by atoms with van der Waals surface area (Å²) in [4.78, 5) is 73.5. The van der Waals surface area contributed by atoms with Crippen LogP contribution in [0.4, 0.5) is 28.7 Å². The molecule has 0 atom stereocenters. The second-order valence-electron chi connectivity index (χ2n) is 20.1. The number of ether oxygens (including phenoxy) is 2. The predicted molar refractivity (Wildman–Crippen MR) is 314 cm³/mol. The maximum absolute atomic E-state index is 12.0. The number of aromatic carboxylic acids is 1. The predicted octanol–water partition coefficient (Wildman–Crippen LogP) is 7.65. The van der Waals surface area contributed by atoms with Crippen LogP contribution in [0.1, 0.15) is 143 Å². The van der Waals surface area contributed by atoms with E-state index in [-0.39, 0.29) is 51.7 Å². The van der Waals surface area contributed by atoms with E-state index in [0.29, 0.717) is 70.3 Å². The van der Waals surface area contributed by atoms with E-state index >= 15 is 0 Å². The van der Waals surface area contributed by atoms with Crippen molar-refractivity contribution in [2.75, 3.05) is 60.7 Å². The summed E-state index contributed by atoms with van der Waals surface area (Å²) in [5, 5.41) is 31.8. The number of rotatable bonds is 20. The third kappa shape index (κ3) is 20.7. The first kappa shape index (κ1) is 64.6. The van der Waals surface area contributed by atoms with Crippen LogP contribution in [0.25, 0.3) is 22.3 Å². The topological polar surface area (TPSA) is 408 Å². The Hall–Kier alpha value is -7.56. The number of nitrogens with zero attached hydrogens (tertiary/aromatic N) is 16. The van der Waals surface area contributed by atoms with Crippen molar-refractivity contribution in [3.05, 3.63) is 64.2 Å². The molecule has 5 aliphatic carbocycles. The van der Waals surface area contributed by atoms with Crippen molar-refractivity contribution in [2.24, 2.45) is 35.3 Å². The number of nitrogen functional groups attached to an aromatic ring is 3. The molecule has 0 saturated heterocycles. The minimum atomic E-state index is -1.11. The molecule has 0 aromatic carbocycles. The fourth-order valence-corrected chi connectivity index (χ4v) is 7.48. The Kier molecular flexibility index (Phi) is 25.2. The normalized spacial score (nSPS) is 14.7. The molecule has 83 heavy (non-hydrogen) atoms. The summed E-state index contributed by atoms with van der Waals surface area (Å²) < 4.78 is 13.7. The van der Waals surface area contributed by atoms with E-state index in [1.807, 2.05) is 13.8 Å². The lowest BCUT2D eigenvalue weighted by Gasteiger charge is -2.10. The second-order valence-corrected chi connectivity index (χ2v) is 21.2. The third-order valence-corrected chi connectivity index (χ3v) is 13.9. The van der Waals surface area contributed by atoms with E-state index in [1.54, 1.807) is 9.36 Å². The molecule has 0 amide bonds. The van der Waals surface area contributed by atoms with Crippen molar-refractivity contribution in [1.29, 1.82) is 0 Å². The summed E-state index contributed by atoms with van der Waals surface area (Å²) in [5.74, 6) is 2.81. The molecular weight excluding hydrogens is 1140 g/mol. The molecule has 12 rings (SSSR count). The molecule has 0 aliphatic heterocycles. The Labute approximate surface area is 494 Å². The average Bonchev–Trinajstić information content (AvgIpc) is 4.35. The van der Waals surface area contributed by atoms with Crippen LogP contribution >= 0.6 is 34.8 Å². The van der Waals surface area contributed by atoms with Crippen molar-refractivity contribution in [3.63, 3.8) is 0 Å². The number of hydrogen-bond donors (Lipinski definition) is 7. The molecule has 5 saturated carbocycles. The van der Waals surface area contributed by atoms with Gasteiger partial charge in [0.15, 0.2) is 66.5 Å². The number of carboxylic acids is 1. The third-order valence-electron chi connectivity index (χ3n) is 13.0. The summed E-state index contributed by atoms with van der Waals surface area (Å²) in [6.07, 6.45) is 22.9. The van der Waals surface area contributed by atoms with Crippen molar-refractivity contribution < 1.29 is 29.0 Å². The fraction of sp³-hybridized carbons (Fsp3) is 0.558. The number of halogens is 3. The molecular formula is C52H73Cl3N22O6. The lowest BCUT2D eigenvalue weighted by Crippen LogP contribution is -2.15. The number of carbonyl (C=O) groups is 3. The maximum Gasteiger partial charge on any atom is 0.359 e. The van der Waals surface area contributed by atoms with Gasteiger partial charge < -0.3 is 48.1 Å². The van der Waals surface area contributed by atoms with Gasteiger partial charge in [-0.2, -0.15) is 0 Å². The van der Waals surface area contributed by atoms with Gasteiger partial charge in [-0.1, -0.05) is 79.3 Å². The highest BCUT2D eigenvalue weighted by Crippen LogP contribution is 2.33. The standard InChI is InChI=1S/C13H17N5O2.C13H20N4O2.C9H9N5O2.C8H11ClN4.C4H3Cl2N3.C4H9N.CH4/c1-2-3-6-20-13(19)11-10-12(15-8-14-11)18(17-16-10)7-9-4-5-9;1-2-3-6-19-13(18)11-10(14)12(17-8-16-11)15-7-9-4-5-9;15-9(16)7-6-8(11-4-10-7)14(13-12-6)3-5-1-2-5;9-7-6(10)8(13-4-12-7)11-3-5-1-2-5;5-3-2(7)4(6)9-1-8-3;5-3-4-1-2-4;/h8-9H,2-7H2,1H3;8-9H,2-7,14H2,1H3,(H,15,16,17);4-5H,1-3H2,(H,15,16);4-5H,1-3,10H2,(H,11,12,13);1H,7H2;4H,1-3,5H2;1H4. The van der Waals surface area contributed by atoms with E-state index in [0.717, 1.165) is 70.2 Å². The molecule has 0 radical (unpaired) electrons. The Morgan fingerprint density at radius 2 is 0.928 bits per heavy atom. The minimum Gasteiger partial charge on any atom is -0.476 e. The SMILES string of the molecule is C.CCCCOC(=O)c1ncnc(NCC2CC2)c1N.CCCCOC(=O)c1ncnc2c1nnn2CC1CC1.NCC1CC1.Nc1c(Cl)ncnc1Cl.Nc1c(Cl)ncnc1NCC1CC1.O=C(O)c1ncnc2c1nnn2CC1CC1. The molecule has 28 nitrogen and oxygen atoms in total. The highest BCUT2D eigenvalue weighted by Gasteiger charge is 2.28. The molecule has 7 aromatic rings. The smallest absolute Gasteiger partial charge is 0.359 e. The number of fused-ring (bicyclic) bond motifs is 2. The number of nitrogens with two attached hydrogens (primary N) is 4. The molecule has 7 heterocycles. The van der Waals surface area contributed by atoms with Crippen molar-refractivity contribution in [3.8, 4) is 0 Å². The Bertz CT molecular complexity index is 3190. The van der Waals surface area contributed by atoms with Gasteiger partial charge in [-0.3, -0.25) is 0 Å². The molecule has 0 bridgehead atoms. The summed E-state index contributed by atoms with van der Waals surface area (Å²) in [6, 6.07) is 0. The molecule has 5 fully saturated rings. The first-order chi connectivity index (χ1) is 39.7. The fourth-order valence-electron chi connectivity index (χ4n) is 7.03. The van der Waals surface area contributed by atoms with Crippen LogP contribution in [0.3, 0.4) is 0 Å². The van der Waals surface area contributed by atoms with Crippen molar-refractivity contribution >= 4 is 104 Å². The van der Waals surface area contributed by atoms with Gasteiger partial charge in [-0.05, 0) is 113 Å². The zero-order valence-electron chi connectivity index (χ0n) is 45.7. The zero-order chi connectivity index (χ0) is 58.5. The number of unbranched alkanes of at least 4 members (excludes halogenated alkanes) is 2. The molecule has 11 N–H and O–H groups in total. The van der Waals surface area contributed by atoms with Crippen LogP contribution in [-0.2, 0) is 22.6 Å². The summed E-state index contributed by atoms with van der Waals surface area (Å²) in [6.45, 7) is 9.11. The average molecular weight is 1210 g/mol. The number of nitrogens with one attached hydrogen (secondary N) is 2. The highest BCUT2D eigenvalue weighted by atomic mass is 35.5. The van der Waals surface area contributed by atoms with Gasteiger partial charge in [0, 0.05) is 26.2 Å². The second kappa shape index (κ2) is 32.3.